The minimum absolute atomic E-state index is 0.192. The summed E-state index contributed by atoms with van der Waals surface area (Å²) in [5.74, 6) is -0.192. The highest BCUT2D eigenvalue weighted by Gasteiger charge is 2.20. The van der Waals surface area contributed by atoms with Gasteiger partial charge in [0.25, 0.3) is 0 Å². The number of benzene rings is 1. The van der Waals surface area contributed by atoms with Gasteiger partial charge in [-0.15, -0.1) is 0 Å². The molecule has 1 aliphatic heterocycles. The first-order chi connectivity index (χ1) is 7.56. The summed E-state index contributed by atoms with van der Waals surface area (Å²) in [6.45, 7) is 4.24. The van der Waals surface area contributed by atoms with Gasteiger partial charge in [0.15, 0.2) is 0 Å². The lowest BCUT2D eigenvalue weighted by Gasteiger charge is -2.16. The summed E-state index contributed by atoms with van der Waals surface area (Å²) in [5, 5.41) is 0.638. The van der Waals surface area contributed by atoms with E-state index in [-0.39, 0.29) is 11.9 Å². The second-order valence-corrected chi connectivity index (χ2v) is 4.88. The predicted molar refractivity (Wildman–Crippen MR) is 64.0 cm³/mol. The van der Waals surface area contributed by atoms with E-state index in [1.54, 1.807) is 13.0 Å². The van der Waals surface area contributed by atoms with Gasteiger partial charge in [0.2, 0.25) is 0 Å². The van der Waals surface area contributed by atoms with Crippen molar-refractivity contribution < 1.29 is 4.39 Å². The van der Waals surface area contributed by atoms with Crippen molar-refractivity contribution >= 4 is 11.6 Å². The SMILES string of the molecule is Cc1cc(Cl)c(CN2CCC(N)C2)cc1F. The van der Waals surface area contributed by atoms with Crippen LogP contribution in [0.2, 0.25) is 5.02 Å². The lowest BCUT2D eigenvalue weighted by Crippen LogP contribution is -2.26. The fourth-order valence-electron chi connectivity index (χ4n) is 2.06. The Morgan fingerprint density at radius 2 is 2.31 bits per heavy atom. The van der Waals surface area contributed by atoms with E-state index in [1.807, 2.05) is 0 Å². The molecule has 1 atom stereocenters. The monoisotopic (exact) mass is 242 g/mol. The number of nitrogens with two attached hydrogens (primary N) is 1. The second kappa shape index (κ2) is 4.70. The Kier molecular flexibility index (Phi) is 3.47. The largest absolute Gasteiger partial charge is 0.326 e. The van der Waals surface area contributed by atoms with Crippen molar-refractivity contribution in [3.8, 4) is 0 Å². The molecule has 0 spiro atoms. The summed E-state index contributed by atoms with van der Waals surface area (Å²) in [4.78, 5) is 2.21. The average Bonchev–Trinajstić information content (AvgIpc) is 2.60. The van der Waals surface area contributed by atoms with Gasteiger partial charge in [0, 0.05) is 30.7 Å². The fraction of sp³-hybridized carbons (Fsp3) is 0.500. The third-order valence-electron chi connectivity index (χ3n) is 3.03. The molecule has 4 heteroatoms. The van der Waals surface area contributed by atoms with Crippen LogP contribution in [0, 0.1) is 12.7 Å². The Labute approximate surface area is 100 Å². The van der Waals surface area contributed by atoms with Gasteiger partial charge in [-0.2, -0.15) is 0 Å². The molecule has 1 aromatic carbocycles. The van der Waals surface area contributed by atoms with E-state index in [9.17, 15) is 4.39 Å². The van der Waals surface area contributed by atoms with Gasteiger partial charge in [-0.1, -0.05) is 11.6 Å². The maximum absolute atomic E-state index is 13.4. The number of hydrogen-bond acceptors (Lipinski definition) is 2. The van der Waals surface area contributed by atoms with Crippen molar-refractivity contribution in [1.82, 2.24) is 4.90 Å². The molecule has 1 fully saturated rings. The maximum Gasteiger partial charge on any atom is 0.126 e. The van der Waals surface area contributed by atoms with E-state index in [2.05, 4.69) is 4.90 Å². The molecule has 2 N–H and O–H groups in total. The number of aryl methyl sites for hydroxylation is 1. The third-order valence-corrected chi connectivity index (χ3v) is 3.38. The van der Waals surface area contributed by atoms with Crippen molar-refractivity contribution in [3.05, 3.63) is 34.1 Å². The predicted octanol–water partition coefficient (Wildman–Crippen LogP) is 2.32. The zero-order valence-corrected chi connectivity index (χ0v) is 10.1. The van der Waals surface area contributed by atoms with Gasteiger partial charge in [0.1, 0.15) is 5.82 Å². The van der Waals surface area contributed by atoms with Crippen LogP contribution in [0.25, 0.3) is 0 Å². The molecule has 0 amide bonds. The normalized spacial score (nSPS) is 21.6. The van der Waals surface area contributed by atoms with Gasteiger partial charge in [0.05, 0.1) is 0 Å². The molecule has 2 rings (SSSR count). The lowest BCUT2D eigenvalue weighted by atomic mass is 10.1. The first-order valence-electron chi connectivity index (χ1n) is 5.48. The highest BCUT2D eigenvalue weighted by atomic mass is 35.5. The molecule has 0 bridgehead atoms. The van der Waals surface area contributed by atoms with Crippen molar-refractivity contribution in [2.24, 2.45) is 5.73 Å². The second-order valence-electron chi connectivity index (χ2n) is 4.48. The van der Waals surface area contributed by atoms with Crippen molar-refractivity contribution in [2.45, 2.75) is 25.9 Å². The molecule has 0 aliphatic carbocycles. The number of rotatable bonds is 2. The van der Waals surface area contributed by atoms with Crippen LogP contribution < -0.4 is 5.73 Å². The van der Waals surface area contributed by atoms with Crippen LogP contribution in [-0.2, 0) is 6.54 Å². The van der Waals surface area contributed by atoms with Crippen molar-refractivity contribution in [3.63, 3.8) is 0 Å². The zero-order valence-electron chi connectivity index (χ0n) is 9.34. The minimum Gasteiger partial charge on any atom is -0.326 e. The molecule has 0 aromatic heterocycles. The molecule has 0 radical (unpaired) electrons. The summed E-state index contributed by atoms with van der Waals surface area (Å²) in [6, 6.07) is 3.46. The molecule has 1 heterocycles. The van der Waals surface area contributed by atoms with E-state index in [0.717, 1.165) is 25.1 Å². The maximum atomic E-state index is 13.4. The number of likely N-dealkylation sites (tertiary alicyclic amines) is 1. The first-order valence-corrected chi connectivity index (χ1v) is 5.86. The van der Waals surface area contributed by atoms with Gasteiger partial charge in [-0.25, -0.2) is 4.39 Å². The molecule has 88 valence electrons. The topological polar surface area (TPSA) is 29.3 Å². The highest BCUT2D eigenvalue weighted by molar-refractivity contribution is 6.31. The molecular formula is C12H16ClFN2. The van der Waals surface area contributed by atoms with Gasteiger partial charge < -0.3 is 5.73 Å². The molecule has 1 unspecified atom stereocenters. The molecule has 0 saturated carbocycles. The number of nitrogens with zero attached hydrogens (tertiary/aromatic N) is 1. The molecule has 1 saturated heterocycles. The minimum atomic E-state index is -0.192. The summed E-state index contributed by atoms with van der Waals surface area (Å²) in [6.07, 6.45) is 1.01. The molecular weight excluding hydrogens is 227 g/mol. The lowest BCUT2D eigenvalue weighted by molar-refractivity contribution is 0.326. The van der Waals surface area contributed by atoms with Crippen LogP contribution in [-0.4, -0.2) is 24.0 Å². The third kappa shape index (κ3) is 2.54. The Hall–Kier alpha value is -0.640. The molecule has 1 aliphatic rings. The van der Waals surface area contributed by atoms with Crippen LogP contribution in [0.3, 0.4) is 0 Å². The number of halogens is 2. The Bertz CT molecular complexity index is 395. The van der Waals surface area contributed by atoms with E-state index < -0.39 is 0 Å². The van der Waals surface area contributed by atoms with Crippen LogP contribution in [0.5, 0.6) is 0 Å². The Balaban J connectivity index is 2.12. The zero-order chi connectivity index (χ0) is 11.7. The van der Waals surface area contributed by atoms with Gasteiger partial charge in [-0.3, -0.25) is 4.90 Å². The molecule has 2 nitrogen and oxygen atoms in total. The van der Waals surface area contributed by atoms with E-state index in [0.29, 0.717) is 17.1 Å². The number of hydrogen-bond donors (Lipinski definition) is 1. The summed E-state index contributed by atoms with van der Waals surface area (Å²) in [7, 11) is 0. The smallest absolute Gasteiger partial charge is 0.126 e. The highest BCUT2D eigenvalue weighted by Crippen LogP contribution is 2.23. The van der Waals surface area contributed by atoms with Crippen molar-refractivity contribution in [1.29, 1.82) is 0 Å². The average molecular weight is 243 g/mol. The summed E-state index contributed by atoms with van der Waals surface area (Å²) >= 11 is 6.09. The van der Waals surface area contributed by atoms with Crippen LogP contribution in [0.4, 0.5) is 4.39 Å². The molecule has 1 aromatic rings. The van der Waals surface area contributed by atoms with Crippen LogP contribution in [0.1, 0.15) is 17.5 Å². The Morgan fingerprint density at radius 1 is 1.56 bits per heavy atom. The Morgan fingerprint density at radius 3 is 2.94 bits per heavy atom. The van der Waals surface area contributed by atoms with Crippen molar-refractivity contribution in [2.75, 3.05) is 13.1 Å². The van der Waals surface area contributed by atoms with Crippen LogP contribution >= 0.6 is 11.6 Å². The van der Waals surface area contributed by atoms with E-state index >= 15 is 0 Å². The standard InChI is InChI=1S/C12H16ClFN2/c1-8-4-11(13)9(5-12(8)14)6-16-3-2-10(15)7-16/h4-5,10H,2-3,6-7,15H2,1H3. The van der Waals surface area contributed by atoms with Crippen LogP contribution in [0.15, 0.2) is 12.1 Å². The van der Waals surface area contributed by atoms with Gasteiger partial charge >= 0.3 is 0 Å². The molecule has 16 heavy (non-hydrogen) atoms. The first kappa shape index (κ1) is 11.8. The fourth-order valence-corrected chi connectivity index (χ4v) is 2.33. The van der Waals surface area contributed by atoms with E-state index in [1.165, 1.54) is 6.07 Å². The summed E-state index contributed by atoms with van der Waals surface area (Å²) < 4.78 is 13.4. The van der Waals surface area contributed by atoms with E-state index in [4.69, 9.17) is 17.3 Å². The summed E-state index contributed by atoms with van der Waals surface area (Å²) in [5.41, 5.74) is 7.26. The quantitative estimate of drug-likeness (QED) is 0.863. The van der Waals surface area contributed by atoms with Gasteiger partial charge in [-0.05, 0) is 36.6 Å².